The summed E-state index contributed by atoms with van der Waals surface area (Å²) in [6.07, 6.45) is 7.38. The molecule has 1 saturated heterocycles. The van der Waals surface area contributed by atoms with Crippen molar-refractivity contribution in [2.75, 3.05) is 26.2 Å². The molecule has 0 radical (unpaired) electrons. The number of piperidine rings is 1. The van der Waals surface area contributed by atoms with Crippen molar-refractivity contribution < 1.29 is 9.59 Å². The number of aryl methyl sites for hydroxylation is 2. The van der Waals surface area contributed by atoms with Crippen molar-refractivity contribution in [2.24, 2.45) is 18.9 Å². The van der Waals surface area contributed by atoms with Gasteiger partial charge in [0, 0.05) is 39.4 Å². The fourth-order valence-corrected chi connectivity index (χ4v) is 3.03. The molecule has 0 bridgehead atoms. The van der Waals surface area contributed by atoms with Gasteiger partial charge in [-0.25, -0.2) is 4.79 Å². The summed E-state index contributed by atoms with van der Waals surface area (Å²) in [6.45, 7) is 6.70. The van der Waals surface area contributed by atoms with Crippen LogP contribution in [0, 0.1) is 11.8 Å². The van der Waals surface area contributed by atoms with Crippen LogP contribution in [0.25, 0.3) is 0 Å². The first-order valence-corrected chi connectivity index (χ1v) is 9.23. The average Bonchev–Trinajstić information content (AvgIpc) is 3.01. The smallest absolute Gasteiger partial charge is 0.317 e. The van der Waals surface area contributed by atoms with Crippen LogP contribution in [0.1, 0.15) is 38.7 Å². The second kappa shape index (κ2) is 9.44. The van der Waals surface area contributed by atoms with E-state index in [1.54, 1.807) is 9.58 Å². The normalized spacial score (nSPS) is 17.6. The number of likely N-dealkylation sites (tertiary alicyclic amines) is 1. The topological polar surface area (TPSA) is 79.3 Å². The molecule has 2 heterocycles. The Kier molecular flexibility index (Phi) is 7.28. The highest BCUT2D eigenvalue weighted by atomic mass is 16.2. The van der Waals surface area contributed by atoms with Gasteiger partial charge in [-0.3, -0.25) is 9.48 Å². The maximum absolute atomic E-state index is 12.4. The number of hydrogen-bond donors (Lipinski definition) is 2. The van der Waals surface area contributed by atoms with E-state index >= 15 is 0 Å². The lowest BCUT2D eigenvalue weighted by Crippen LogP contribution is -2.49. The molecule has 7 heteroatoms. The monoisotopic (exact) mass is 349 g/mol. The van der Waals surface area contributed by atoms with Crippen molar-refractivity contribution in [2.45, 2.75) is 39.5 Å². The molecule has 7 nitrogen and oxygen atoms in total. The molecule has 0 saturated carbocycles. The van der Waals surface area contributed by atoms with Gasteiger partial charge in [-0.2, -0.15) is 5.10 Å². The van der Waals surface area contributed by atoms with Gasteiger partial charge in [0.15, 0.2) is 0 Å². The van der Waals surface area contributed by atoms with Crippen molar-refractivity contribution >= 4 is 11.9 Å². The largest absolute Gasteiger partial charge is 0.356 e. The SMILES string of the molecule is CC(C)CNC(=O)N1CCC[C@H](C(=O)NCCCc2cnn(C)c2)C1. The van der Waals surface area contributed by atoms with Crippen LogP contribution in [0.2, 0.25) is 0 Å². The molecule has 1 aromatic rings. The lowest BCUT2D eigenvalue weighted by atomic mass is 9.97. The van der Waals surface area contributed by atoms with E-state index in [0.717, 1.165) is 32.2 Å². The van der Waals surface area contributed by atoms with Crippen molar-refractivity contribution in [1.82, 2.24) is 25.3 Å². The highest BCUT2D eigenvalue weighted by Gasteiger charge is 2.28. The standard InChI is InChI=1S/C18H31N5O2/c1-14(2)10-20-18(25)23-9-5-7-16(13-23)17(24)19-8-4-6-15-11-21-22(3)12-15/h11-12,14,16H,4-10,13H2,1-3H3,(H,19,24)(H,20,25)/t16-/m0/s1. The second-order valence-corrected chi connectivity index (χ2v) is 7.28. The molecule has 1 fully saturated rings. The number of carbonyl (C=O) groups is 2. The number of hydrogen-bond acceptors (Lipinski definition) is 3. The highest BCUT2D eigenvalue weighted by Crippen LogP contribution is 2.16. The number of aromatic nitrogens is 2. The van der Waals surface area contributed by atoms with Gasteiger partial charge in [-0.15, -0.1) is 0 Å². The van der Waals surface area contributed by atoms with Crippen LogP contribution >= 0.6 is 0 Å². The second-order valence-electron chi connectivity index (χ2n) is 7.28. The Morgan fingerprint density at radius 2 is 2.16 bits per heavy atom. The number of nitrogens with one attached hydrogen (secondary N) is 2. The third kappa shape index (κ3) is 6.40. The Morgan fingerprint density at radius 3 is 2.84 bits per heavy atom. The minimum Gasteiger partial charge on any atom is -0.356 e. The molecule has 0 spiro atoms. The maximum Gasteiger partial charge on any atom is 0.317 e. The van der Waals surface area contributed by atoms with Crippen LogP contribution < -0.4 is 10.6 Å². The van der Waals surface area contributed by atoms with Crippen LogP contribution in [0.5, 0.6) is 0 Å². The van der Waals surface area contributed by atoms with Gasteiger partial charge in [-0.05, 0) is 37.2 Å². The number of rotatable bonds is 7. The first-order valence-electron chi connectivity index (χ1n) is 9.23. The third-order valence-electron chi connectivity index (χ3n) is 4.44. The quantitative estimate of drug-likeness (QED) is 0.733. The summed E-state index contributed by atoms with van der Waals surface area (Å²) in [4.78, 5) is 26.3. The Labute approximate surface area is 150 Å². The summed E-state index contributed by atoms with van der Waals surface area (Å²) in [6, 6.07) is -0.0530. The van der Waals surface area contributed by atoms with Crippen molar-refractivity contribution in [3.8, 4) is 0 Å². The van der Waals surface area contributed by atoms with E-state index in [1.165, 1.54) is 5.56 Å². The minimum absolute atomic E-state index is 0.0530. The van der Waals surface area contributed by atoms with Gasteiger partial charge < -0.3 is 15.5 Å². The molecular weight excluding hydrogens is 318 g/mol. The lowest BCUT2D eigenvalue weighted by Gasteiger charge is -2.32. The van der Waals surface area contributed by atoms with Crippen LogP contribution in [-0.2, 0) is 18.3 Å². The van der Waals surface area contributed by atoms with Gasteiger partial charge in [0.2, 0.25) is 5.91 Å². The molecular formula is C18H31N5O2. The Bertz CT molecular complexity index is 570. The Morgan fingerprint density at radius 1 is 1.36 bits per heavy atom. The molecule has 3 amide bonds. The number of nitrogens with zero attached hydrogens (tertiary/aromatic N) is 3. The van der Waals surface area contributed by atoms with E-state index in [2.05, 4.69) is 29.6 Å². The summed E-state index contributed by atoms with van der Waals surface area (Å²) < 4.78 is 1.79. The zero-order chi connectivity index (χ0) is 18.2. The molecule has 0 aliphatic carbocycles. The molecule has 0 aromatic carbocycles. The molecule has 1 atom stereocenters. The third-order valence-corrected chi connectivity index (χ3v) is 4.44. The molecule has 1 aromatic heterocycles. The molecule has 0 unspecified atom stereocenters. The van der Waals surface area contributed by atoms with Crippen molar-refractivity contribution in [3.05, 3.63) is 18.0 Å². The maximum atomic E-state index is 12.4. The van der Waals surface area contributed by atoms with E-state index < -0.39 is 0 Å². The summed E-state index contributed by atoms with van der Waals surface area (Å²) in [5.74, 6) is 0.386. The predicted molar refractivity (Wildman–Crippen MR) is 97.1 cm³/mol. The van der Waals surface area contributed by atoms with E-state index in [4.69, 9.17) is 0 Å². The lowest BCUT2D eigenvalue weighted by molar-refractivity contribution is -0.126. The average molecular weight is 349 g/mol. The summed E-state index contributed by atoms with van der Waals surface area (Å²) >= 11 is 0. The number of amides is 3. The van der Waals surface area contributed by atoms with Crippen molar-refractivity contribution in [3.63, 3.8) is 0 Å². The van der Waals surface area contributed by atoms with Crippen LogP contribution in [0.3, 0.4) is 0 Å². The summed E-state index contributed by atoms with van der Waals surface area (Å²) in [5, 5.41) is 10.1. The molecule has 140 valence electrons. The zero-order valence-electron chi connectivity index (χ0n) is 15.6. The summed E-state index contributed by atoms with van der Waals surface area (Å²) in [7, 11) is 1.90. The first kappa shape index (κ1) is 19.3. The number of carbonyl (C=O) groups excluding carboxylic acids is 2. The van der Waals surface area contributed by atoms with Crippen LogP contribution in [-0.4, -0.2) is 52.8 Å². The van der Waals surface area contributed by atoms with E-state index in [-0.39, 0.29) is 17.9 Å². The van der Waals surface area contributed by atoms with Crippen LogP contribution in [0.4, 0.5) is 4.79 Å². The van der Waals surface area contributed by atoms with Gasteiger partial charge in [-0.1, -0.05) is 13.8 Å². The van der Waals surface area contributed by atoms with E-state index in [1.807, 2.05) is 19.4 Å². The molecule has 1 aliphatic heterocycles. The molecule has 2 rings (SSSR count). The molecule has 1 aliphatic rings. The molecule has 2 N–H and O–H groups in total. The highest BCUT2D eigenvalue weighted by molar-refractivity contribution is 5.80. The van der Waals surface area contributed by atoms with Gasteiger partial charge in [0.1, 0.15) is 0 Å². The van der Waals surface area contributed by atoms with Gasteiger partial charge in [0.05, 0.1) is 12.1 Å². The fourth-order valence-electron chi connectivity index (χ4n) is 3.03. The van der Waals surface area contributed by atoms with Crippen LogP contribution in [0.15, 0.2) is 12.4 Å². The number of urea groups is 1. The Hall–Kier alpha value is -2.05. The fraction of sp³-hybridized carbons (Fsp3) is 0.722. The van der Waals surface area contributed by atoms with Gasteiger partial charge in [0.25, 0.3) is 0 Å². The van der Waals surface area contributed by atoms with E-state index in [0.29, 0.717) is 25.6 Å². The summed E-state index contributed by atoms with van der Waals surface area (Å²) in [5.41, 5.74) is 1.18. The molecule has 25 heavy (non-hydrogen) atoms. The predicted octanol–water partition coefficient (Wildman–Crippen LogP) is 1.55. The zero-order valence-corrected chi connectivity index (χ0v) is 15.6. The van der Waals surface area contributed by atoms with E-state index in [9.17, 15) is 9.59 Å². The van der Waals surface area contributed by atoms with Gasteiger partial charge >= 0.3 is 6.03 Å². The first-order chi connectivity index (χ1) is 12.0. The Balaban J connectivity index is 1.68. The van der Waals surface area contributed by atoms with Crippen molar-refractivity contribution in [1.29, 1.82) is 0 Å². The minimum atomic E-state index is -0.100.